The molecule has 0 saturated heterocycles. The van der Waals surface area contributed by atoms with Crippen LogP contribution in [0.4, 0.5) is 4.39 Å². The molecule has 3 rings (SSSR count). The van der Waals surface area contributed by atoms with E-state index >= 15 is 4.39 Å². The summed E-state index contributed by atoms with van der Waals surface area (Å²) in [6.45, 7) is 6.17. The van der Waals surface area contributed by atoms with Crippen molar-refractivity contribution in [3.63, 3.8) is 0 Å². The van der Waals surface area contributed by atoms with Crippen LogP contribution in [0.25, 0.3) is 0 Å². The second-order valence-corrected chi connectivity index (χ2v) is 13.1. The lowest BCUT2D eigenvalue weighted by atomic mass is 9.42. The van der Waals surface area contributed by atoms with Gasteiger partial charge in [-0.25, -0.2) is 4.39 Å². The molecule has 3 fully saturated rings. The molecule has 0 aromatic heterocycles. The van der Waals surface area contributed by atoms with Gasteiger partial charge in [0.15, 0.2) is 5.78 Å². The Balaban J connectivity index is 1.24. The van der Waals surface area contributed by atoms with Gasteiger partial charge in [0, 0.05) is 13.2 Å². The van der Waals surface area contributed by atoms with Gasteiger partial charge in [-0.1, -0.05) is 104 Å². The fourth-order valence-corrected chi connectivity index (χ4v) is 7.66. The molecule has 0 bridgehead atoms. The van der Waals surface area contributed by atoms with Crippen LogP contribution >= 0.6 is 0 Å². The van der Waals surface area contributed by atoms with Crippen LogP contribution in [0.1, 0.15) is 168 Å². The van der Waals surface area contributed by atoms with Crippen molar-refractivity contribution in [3.8, 4) is 0 Å². The van der Waals surface area contributed by atoms with Gasteiger partial charge >= 0.3 is 0 Å². The first kappa shape index (κ1) is 32.0. The number of alkyl halides is 1. The minimum absolute atomic E-state index is 0.224. The van der Waals surface area contributed by atoms with E-state index in [0.29, 0.717) is 25.7 Å². The summed E-state index contributed by atoms with van der Waals surface area (Å²) >= 11 is 0. The molecule has 3 nitrogen and oxygen atoms in total. The van der Waals surface area contributed by atoms with Gasteiger partial charge in [-0.2, -0.15) is 0 Å². The molecule has 0 atom stereocenters. The van der Waals surface area contributed by atoms with E-state index in [1.54, 1.807) is 0 Å². The molecule has 0 aromatic carbocycles. The van der Waals surface area contributed by atoms with Crippen LogP contribution in [0, 0.1) is 10.8 Å². The lowest BCUT2D eigenvalue weighted by Crippen LogP contribution is -2.69. The molecule has 222 valence electrons. The summed E-state index contributed by atoms with van der Waals surface area (Å²) in [6.07, 6.45) is 26.6. The topological polar surface area (TPSA) is 35.5 Å². The Morgan fingerprint density at radius 2 is 0.895 bits per heavy atom. The summed E-state index contributed by atoms with van der Waals surface area (Å²) in [7, 11) is 0. The first-order valence-electron chi connectivity index (χ1n) is 17.0. The van der Waals surface area contributed by atoms with E-state index in [4.69, 9.17) is 9.47 Å². The van der Waals surface area contributed by atoms with Gasteiger partial charge < -0.3 is 9.47 Å². The van der Waals surface area contributed by atoms with Crippen molar-refractivity contribution in [1.82, 2.24) is 0 Å². The highest BCUT2D eigenvalue weighted by Crippen LogP contribution is 2.64. The van der Waals surface area contributed by atoms with E-state index < -0.39 is 17.0 Å². The van der Waals surface area contributed by atoms with Crippen LogP contribution in [0.15, 0.2) is 0 Å². The SMILES string of the molecule is CCCCCCCCCCOC1CC[C@]2(CC1)C(=O)[C@@]1(CCC(OCCCCCCCCCC)CC1)C2F. The number of carbonyl (C=O) groups excluding carboxylic acids is 1. The first-order chi connectivity index (χ1) is 18.6. The maximum Gasteiger partial charge on any atom is 0.151 e. The van der Waals surface area contributed by atoms with Crippen molar-refractivity contribution in [1.29, 1.82) is 0 Å². The second-order valence-electron chi connectivity index (χ2n) is 13.1. The van der Waals surface area contributed by atoms with E-state index in [-0.39, 0.29) is 18.0 Å². The number of halogens is 1. The fraction of sp³-hybridized carbons (Fsp3) is 0.971. The highest BCUT2D eigenvalue weighted by atomic mass is 19.1. The Kier molecular flexibility index (Phi) is 14.6. The van der Waals surface area contributed by atoms with E-state index in [9.17, 15) is 4.79 Å². The molecule has 0 N–H and O–H groups in total. The molecule has 2 spiro atoms. The standard InChI is InChI=1S/C34H61FO3/c1-3-5-7-9-11-13-15-17-27-37-29-19-23-33(24-20-29)31(35)34(32(33)36)25-21-30(22-26-34)38-28-18-16-14-12-10-8-6-4-2/h29-31H,3-28H2,1-2H3/t29?,30?,31?,33-,34-. The molecule has 3 aliphatic carbocycles. The summed E-state index contributed by atoms with van der Waals surface area (Å²) in [4.78, 5) is 13.5. The monoisotopic (exact) mass is 536 g/mol. The smallest absolute Gasteiger partial charge is 0.151 e. The highest BCUT2D eigenvalue weighted by Gasteiger charge is 2.71. The highest BCUT2D eigenvalue weighted by molar-refractivity contribution is 5.98. The Morgan fingerprint density at radius 3 is 1.21 bits per heavy atom. The summed E-state index contributed by atoms with van der Waals surface area (Å²) in [5.41, 5.74) is -1.38. The molecule has 0 heterocycles. The molecular weight excluding hydrogens is 475 g/mol. The van der Waals surface area contributed by atoms with Crippen LogP contribution in [0.5, 0.6) is 0 Å². The minimum atomic E-state index is -0.954. The fourth-order valence-electron chi connectivity index (χ4n) is 7.66. The lowest BCUT2D eigenvalue weighted by Gasteiger charge is -2.61. The number of unbranched alkanes of at least 4 members (excludes halogenated alkanes) is 14. The lowest BCUT2D eigenvalue weighted by molar-refractivity contribution is -0.198. The van der Waals surface area contributed by atoms with Gasteiger partial charge in [-0.3, -0.25) is 4.79 Å². The second kappa shape index (κ2) is 17.4. The van der Waals surface area contributed by atoms with E-state index in [2.05, 4.69) is 13.8 Å². The Labute approximate surface area is 234 Å². The predicted molar refractivity (Wildman–Crippen MR) is 156 cm³/mol. The minimum Gasteiger partial charge on any atom is -0.378 e. The zero-order valence-corrected chi connectivity index (χ0v) is 25.2. The molecular formula is C34H61FO3. The zero-order chi connectivity index (χ0) is 27.1. The average Bonchev–Trinajstić information content (AvgIpc) is 2.95. The molecule has 0 radical (unpaired) electrons. The maximum atomic E-state index is 15.8. The van der Waals surface area contributed by atoms with Crippen molar-refractivity contribution >= 4 is 5.78 Å². The van der Waals surface area contributed by atoms with Gasteiger partial charge in [0.05, 0.1) is 23.0 Å². The van der Waals surface area contributed by atoms with Crippen molar-refractivity contribution in [2.45, 2.75) is 186 Å². The number of ether oxygens (including phenoxy) is 2. The van der Waals surface area contributed by atoms with E-state index in [1.807, 2.05) is 0 Å². The van der Waals surface area contributed by atoms with Gasteiger partial charge in [0.25, 0.3) is 0 Å². The maximum absolute atomic E-state index is 15.8. The summed E-state index contributed by atoms with van der Waals surface area (Å²) in [5, 5.41) is 0. The number of Topliss-reactive ketones (excluding diaryl/α,β-unsaturated/α-hetero) is 1. The molecule has 0 unspecified atom stereocenters. The molecule has 4 heteroatoms. The predicted octanol–water partition coefficient (Wildman–Crippen LogP) is 10.1. The molecule has 0 amide bonds. The molecule has 3 aliphatic rings. The van der Waals surface area contributed by atoms with Crippen molar-refractivity contribution < 1.29 is 18.7 Å². The van der Waals surface area contributed by atoms with Crippen LogP contribution in [-0.4, -0.2) is 37.4 Å². The summed E-state index contributed by atoms with van der Waals surface area (Å²) < 4.78 is 28.1. The quantitative estimate of drug-likeness (QED) is 0.145. The Hall–Kier alpha value is -0.480. The van der Waals surface area contributed by atoms with Crippen LogP contribution in [-0.2, 0) is 14.3 Å². The molecule has 0 aromatic rings. The molecule has 0 aliphatic heterocycles. The van der Waals surface area contributed by atoms with E-state index in [0.717, 1.165) is 51.7 Å². The number of ketones is 1. The number of carbonyl (C=O) groups is 1. The number of rotatable bonds is 20. The third-order valence-corrected chi connectivity index (χ3v) is 10.2. The van der Waals surface area contributed by atoms with Gasteiger partial charge in [-0.15, -0.1) is 0 Å². The summed E-state index contributed by atoms with van der Waals surface area (Å²) in [5.74, 6) is 0.251. The third-order valence-electron chi connectivity index (χ3n) is 10.2. The number of hydrogen-bond donors (Lipinski definition) is 0. The van der Waals surface area contributed by atoms with Gasteiger partial charge in [0.1, 0.15) is 6.17 Å². The van der Waals surface area contributed by atoms with Gasteiger partial charge in [-0.05, 0) is 64.2 Å². The summed E-state index contributed by atoms with van der Waals surface area (Å²) in [6, 6.07) is 0. The molecule has 38 heavy (non-hydrogen) atoms. The molecule has 3 saturated carbocycles. The Morgan fingerprint density at radius 1 is 0.579 bits per heavy atom. The van der Waals surface area contributed by atoms with Crippen molar-refractivity contribution in [3.05, 3.63) is 0 Å². The van der Waals surface area contributed by atoms with E-state index in [1.165, 1.54) is 89.9 Å². The van der Waals surface area contributed by atoms with Crippen molar-refractivity contribution in [2.24, 2.45) is 10.8 Å². The first-order valence-corrected chi connectivity index (χ1v) is 17.0. The van der Waals surface area contributed by atoms with Crippen LogP contribution in [0.2, 0.25) is 0 Å². The zero-order valence-electron chi connectivity index (χ0n) is 25.2. The normalized spacial score (nSPS) is 31.2. The Bertz CT molecular complexity index is 582. The number of hydrogen-bond acceptors (Lipinski definition) is 3. The van der Waals surface area contributed by atoms with Gasteiger partial charge in [0.2, 0.25) is 0 Å². The third kappa shape index (κ3) is 8.76. The average molecular weight is 537 g/mol. The van der Waals surface area contributed by atoms with Crippen LogP contribution < -0.4 is 0 Å². The van der Waals surface area contributed by atoms with Crippen molar-refractivity contribution in [2.75, 3.05) is 13.2 Å². The van der Waals surface area contributed by atoms with Crippen LogP contribution in [0.3, 0.4) is 0 Å². The largest absolute Gasteiger partial charge is 0.378 e.